The molecule has 1 aliphatic heterocycles. The summed E-state index contributed by atoms with van der Waals surface area (Å²) in [6.45, 7) is 4.21. The Hall–Kier alpha value is -1.57. The van der Waals surface area contributed by atoms with Crippen molar-refractivity contribution in [3.63, 3.8) is 0 Å². The van der Waals surface area contributed by atoms with Crippen molar-refractivity contribution in [1.29, 1.82) is 0 Å². The number of rotatable bonds is 2. The second-order valence-electron chi connectivity index (χ2n) is 4.98. The van der Waals surface area contributed by atoms with Gasteiger partial charge in [-0.2, -0.15) is 0 Å². The lowest BCUT2D eigenvalue weighted by Crippen LogP contribution is -2.22. The van der Waals surface area contributed by atoms with Gasteiger partial charge in [-0.15, -0.1) is 0 Å². The van der Waals surface area contributed by atoms with Crippen molar-refractivity contribution in [3.05, 3.63) is 47.5 Å². The van der Waals surface area contributed by atoms with E-state index in [2.05, 4.69) is 32.1 Å². The number of likely N-dealkylation sites (tertiary alicyclic amines) is 1. The van der Waals surface area contributed by atoms with Gasteiger partial charge in [-0.1, -0.05) is 50.3 Å². The minimum atomic E-state index is 0.174. The van der Waals surface area contributed by atoms with E-state index in [1.165, 1.54) is 5.56 Å². The maximum Gasteiger partial charge on any atom is 0.249 e. The minimum Gasteiger partial charge on any atom is -0.335 e. The summed E-state index contributed by atoms with van der Waals surface area (Å²) in [5, 5.41) is 0. The molecule has 1 amide bonds. The molecule has 0 spiro atoms. The van der Waals surface area contributed by atoms with Gasteiger partial charge in [0.05, 0.1) is 6.04 Å². The van der Waals surface area contributed by atoms with Crippen LogP contribution in [0.4, 0.5) is 0 Å². The fourth-order valence-electron chi connectivity index (χ4n) is 2.36. The lowest BCUT2D eigenvalue weighted by Gasteiger charge is -2.19. The summed E-state index contributed by atoms with van der Waals surface area (Å²) in [4.78, 5) is 13.9. The number of carbonyl (C=O) groups is 1. The molecular weight excluding hydrogens is 210 g/mol. The Kier molecular flexibility index (Phi) is 3.32. The molecule has 2 heteroatoms. The minimum absolute atomic E-state index is 0.174. The number of benzene rings is 1. The van der Waals surface area contributed by atoms with Gasteiger partial charge in [-0.25, -0.2) is 0 Å². The summed E-state index contributed by atoms with van der Waals surface area (Å²) in [6.07, 6.45) is 2.92. The van der Waals surface area contributed by atoms with Gasteiger partial charge in [0.15, 0.2) is 0 Å². The van der Waals surface area contributed by atoms with E-state index in [1.54, 1.807) is 0 Å². The third-order valence-electron chi connectivity index (χ3n) is 3.19. The molecule has 1 aromatic rings. The van der Waals surface area contributed by atoms with Crippen molar-refractivity contribution >= 4 is 5.91 Å². The van der Waals surface area contributed by atoms with Crippen molar-refractivity contribution in [1.82, 2.24) is 4.90 Å². The Balaban J connectivity index is 2.26. The number of nitrogens with zero attached hydrogens (tertiary/aromatic N) is 1. The third-order valence-corrected chi connectivity index (χ3v) is 3.19. The smallest absolute Gasteiger partial charge is 0.249 e. The zero-order valence-corrected chi connectivity index (χ0v) is 10.7. The van der Waals surface area contributed by atoms with Gasteiger partial charge >= 0.3 is 0 Å². The Labute approximate surface area is 103 Å². The van der Waals surface area contributed by atoms with Crippen LogP contribution in [0.1, 0.15) is 31.9 Å². The first-order valence-electron chi connectivity index (χ1n) is 6.12. The summed E-state index contributed by atoms with van der Waals surface area (Å²) in [5.41, 5.74) is 2.17. The molecule has 0 aromatic heterocycles. The van der Waals surface area contributed by atoms with E-state index >= 15 is 0 Å². The first-order chi connectivity index (χ1) is 8.09. The van der Waals surface area contributed by atoms with E-state index in [0.717, 1.165) is 12.0 Å². The van der Waals surface area contributed by atoms with Gasteiger partial charge in [-0.05, 0) is 11.5 Å². The normalized spacial score (nSPS) is 22.8. The van der Waals surface area contributed by atoms with Crippen LogP contribution in [0.15, 0.2) is 42.0 Å². The van der Waals surface area contributed by atoms with Gasteiger partial charge in [-0.3, -0.25) is 4.79 Å². The van der Waals surface area contributed by atoms with Crippen molar-refractivity contribution in [2.24, 2.45) is 5.92 Å². The molecule has 1 aromatic carbocycles. The maximum absolute atomic E-state index is 12.1. The average Bonchev–Trinajstić information content (AvgIpc) is 2.58. The van der Waals surface area contributed by atoms with E-state index in [0.29, 0.717) is 5.92 Å². The summed E-state index contributed by atoms with van der Waals surface area (Å²) >= 11 is 0. The van der Waals surface area contributed by atoms with Gasteiger partial charge < -0.3 is 4.90 Å². The molecule has 1 aliphatic rings. The molecule has 0 bridgehead atoms. The van der Waals surface area contributed by atoms with Crippen LogP contribution in [0.5, 0.6) is 0 Å². The predicted octanol–water partition coefficient (Wildman–Crippen LogP) is 3.17. The second-order valence-corrected chi connectivity index (χ2v) is 4.98. The van der Waals surface area contributed by atoms with Crippen LogP contribution in [0.3, 0.4) is 0 Å². The fraction of sp³-hybridized carbons (Fsp3) is 0.400. The topological polar surface area (TPSA) is 20.3 Å². The Morgan fingerprint density at radius 1 is 1.29 bits per heavy atom. The molecule has 1 unspecified atom stereocenters. The highest BCUT2D eigenvalue weighted by atomic mass is 16.2. The molecule has 0 saturated carbocycles. The molecule has 17 heavy (non-hydrogen) atoms. The zero-order valence-electron chi connectivity index (χ0n) is 10.7. The number of hydrogen-bond donors (Lipinski definition) is 0. The number of amides is 1. The van der Waals surface area contributed by atoms with Gasteiger partial charge in [0.1, 0.15) is 0 Å². The molecule has 1 fully saturated rings. The van der Waals surface area contributed by atoms with Gasteiger partial charge in [0, 0.05) is 19.0 Å². The van der Waals surface area contributed by atoms with Crippen LogP contribution >= 0.6 is 0 Å². The lowest BCUT2D eigenvalue weighted by molar-refractivity contribution is -0.125. The van der Waals surface area contributed by atoms with Crippen molar-refractivity contribution in [3.8, 4) is 0 Å². The molecule has 1 heterocycles. The molecule has 90 valence electrons. The molecule has 1 atom stereocenters. The first kappa shape index (κ1) is 11.9. The van der Waals surface area contributed by atoms with E-state index in [4.69, 9.17) is 0 Å². The van der Waals surface area contributed by atoms with Crippen LogP contribution < -0.4 is 0 Å². The van der Waals surface area contributed by atoms with Gasteiger partial charge in [0.25, 0.3) is 0 Å². The zero-order chi connectivity index (χ0) is 12.4. The highest BCUT2D eigenvalue weighted by Crippen LogP contribution is 2.35. The predicted molar refractivity (Wildman–Crippen MR) is 69.5 cm³/mol. The van der Waals surface area contributed by atoms with Crippen LogP contribution in [0.25, 0.3) is 0 Å². The van der Waals surface area contributed by atoms with E-state index in [-0.39, 0.29) is 11.9 Å². The maximum atomic E-state index is 12.1. The quantitative estimate of drug-likeness (QED) is 0.713. The molecule has 0 aliphatic carbocycles. The van der Waals surface area contributed by atoms with Crippen LogP contribution in [0.2, 0.25) is 0 Å². The molecule has 0 radical (unpaired) electrons. The fourth-order valence-corrected chi connectivity index (χ4v) is 2.36. The standard InChI is InChI=1S/C15H19NO/c1-11(2)9-13-10-14(16(3)15(13)17)12-7-5-4-6-8-12/h4-9,11,14H,10H2,1-3H3/b13-9+. The summed E-state index contributed by atoms with van der Waals surface area (Å²) < 4.78 is 0. The van der Waals surface area contributed by atoms with Crippen LogP contribution in [-0.4, -0.2) is 17.9 Å². The Morgan fingerprint density at radius 2 is 1.94 bits per heavy atom. The third kappa shape index (κ3) is 2.41. The number of allylic oxidation sites excluding steroid dienone is 1. The van der Waals surface area contributed by atoms with E-state index < -0.39 is 0 Å². The monoisotopic (exact) mass is 229 g/mol. The molecule has 1 saturated heterocycles. The van der Waals surface area contributed by atoms with E-state index in [9.17, 15) is 4.79 Å². The average molecular weight is 229 g/mol. The number of hydrogen-bond acceptors (Lipinski definition) is 1. The number of carbonyl (C=O) groups excluding carboxylic acids is 1. The van der Waals surface area contributed by atoms with E-state index in [1.807, 2.05) is 30.1 Å². The molecular formula is C15H19NO. The Bertz CT molecular complexity index is 433. The SMILES string of the molecule is CC(C)/C=C1\CC(c2ccccc2)N(C)C1=O. The van der Waals surface area contributed by atoms with Gasteiger partial charge in [0.2, 0.25) is 5.91 Å². The largest absolute Gasteiger partial charge is 0.335 e. The Morgan fingerprint density at radius 3 is 2.53 bits per heavy atom. The first-order valence-corrected chi connectivity index (χ1v) is 6.12. The summed E-state index contributed by atoms with van der Waals surface area (Å²) in [5.74, 6) is 0.601. The van der Waals surface area contributed by atoms with Crippen molar-refractivity contribution in [2.75, 3.05) is 7.05 Å². The number of likely N-dealkylation sites (N-methyl/N-ethyl adjacent to an activating group) is 1. The van der Waals surface area contributed by atoms with Crippen molar-refractivity contribution < 1.29 is 4.79 Å². The summed E-state index contributed by atoms with van der Waals surface area (Å²) in [7, 11) is 1.89. The lowest BCUT2D eigenvalue weighted by atomic mass is 10.0. The van der Waals surface area contributed by atoms with Crippen LogP contribution in [0, 0.1) is 5.92 Å². The second kappa shape index (κ2) is 4.74. The molecule has 0 N–H and O–H groups in total. The highest BCUT2D eigenvalue weighted by molar-refractivity contribution is 5.96. The van der Waals surface area contributed by atoms with Crippen molar-refractivity contribution in [2.45, 2.75) is 26.3 Å². The highest BCUT2D eigenvalue weighted by Gasteiger charge is 2.33. The van der Waals surface area contributed by atoms with Crippen LogP contribution in [-0.2, 0) is 4.79 Å². The summed E-state index contributed by atoms with van der Waals surface area (Å²) in [6, 6.07) is 10.4. The molecule has 2 nitrogen and oxygen atoms in total. The molecule has 2 rings (SSSR count).